The number of aryl methyl sites for hydroxylation is 1. The van der Waals surface area contributed by atoms with E-state index in [1.165, 1.54) is 0 Å². The van der Waals surface area contributed by atoms with Gasteiger partial charge in [0.25, 0.3) is 10.0 Å². The standard InChI is InChI=1S/C16H21N5O2S/c1-10-15(11(2)21(19-10)16(3,4)5)24(22,23)20-13-8-6-7-12-9-17-18-14(12)13/h6-9,20H,1-5H3,(H,17,18). The SMILES string of the molecule is Cc1nn(C(C)(C)C)c(C)c1S(=O)(=O)Nc1cccc2cn[nH]c12. The molecule has 0 saturated heterocycles. The average Bonchev–Trinajstić information content (AvgIpc) is 3.03. The van der Waals surface area contributed by atoms with Crippen LogP contribution in [0.15, 0.2) is 29.3 Å². The van der Waals surface area contributed by atoms with Crippen LogP contribution in [0, 0.1) is 13.8 Å². The number of fused-ring (bicyclic) bond motifs is 1. The lowest BCUT2D eigenvalue weighted by Crippen LogP contribution is -2.25. The zero-order chi connectivity index (χ0) is 17.7. The van der Waals surface area contributed by atoms with Gasteiger partial charge >= 0.3 is 0 Å². The molecule has 0 bridgehead atoms. The first-order valence-corrected chi connectivity index (χ1v) is 9.11. The van der Waals surface area contributed by atoms with E-state index in [0.29, 0.717) is 22.6 Å². The fraction of sp³-hybridized carbons (Fsp3) is 0.375. The van der Waals surface area contributed by atoms with Crippen molar-refractivity contribution in [2.75, 3.05) is 4.72 Å². The van der Waals surface area contributed by atoms with Crippen LogP contribution in [-0.2, 0) is 15.6 Å². The quantitative estimate of drug-likeness (QED) is 0.762. The highest BCUT2D eigenvalue weighted by Gasteiger charge is 2.28. The fourth-order valence-electron chi connectivity index (χ4n) is 2.92. The van der Waals surface area contributed by atoms with Gasteiger partial charge in [-0.3, -0.25) is 14.5 Å². The Kier molecular flexibility index (Phi) is 3.67. The van der Waals surface area contributed by atoms with Crippen LogP contribution in [0.25, 0.3) is 10.9 Å². The van der Waals surface area contributed by atoms with Gasteiger partial charge in [0.1, 0.15) is 4.90 Å². The zero-order valence-electron chi connectivity index (χ0n) is 14.4. The van der Waals surface area contributed by atoms with Crippen LogP contribution in [0.3, 0.4) is 0 Å². The topological polar surface area (TPSA) is 92.7 Å². The molecule has 0 unspecified atom stereocenters. The molecule has 3 rings (SSSR count). The molecule has 0 aliphatic rings. The smallest absolute Gasteiger partial charge is 0.265 e. The number of aromatic nitrogens is 4. The highest BCUT2D eigenvalue weighted by atomic mass is 32.2. The van der Waals surface area contributed by atoms with Crippen molar-refractivity contribution < 1.29 is 8.42 Å². The van der Waals surface area contributed by atoms with Crippen LogP contribution in [0.1, 0.15) is 32.2 Å². The van der Waals surface area contributed by atoms with E-state index in [1.54, 1.807) is 36.9 Å². The Morgan fingerprint density at radius 3 is 2.54 bits per heavy atom. The molecule has 7 nitrogen and oxygen atoms in total. The zero-order valence-corrected chi connectivity index (χ0v) is 15.2. The molecule has 0 radical (unpaired) electrons. The third-order valence-electron chi connectivity index (χ3n) is 3.85. The van der Waals surface area contributed by atoms with Gasteiger partial charge < -0.3 is 0 Å². The van der Waals surface area contributed by atoms with Gasteiger partial charge in [-0.15, -0.1) is 0 Å². The van der Waals surface area contributed by atoms with Gasteiger partial charge in [0.15, 0.2) is 0 Å². The second-order valence-electron chi connectivity index (χ2n) is 6.83. The Morgan fingerprint density at radius 1 is 1.21 bits per heavy atom. The molecule has 2 aromatic heterocycles. The molecule has 0 saturated carbocycles. The lowest BCUT2D eigenvalue weighted by atomic mass is 10.1. The molecule has 8 heteroatoms. The van der Waals surface area contributed by atoms with Crippen molar-refractivity contribution >= 4 is 26.6 Å². The van der Waals surface area contributed by atoms with Gasteiger partial charge in [-0.2, -0.15) is 10.2 Å². The number of sulfonamides is 1. The van der Waals surface area contributed by atoms with Gasteiger partial charge in [0.2, 0.25) is 0 Å². The lowest BCUT2D eigenvalue weighted by Gasteiger charge is -2.21. The van der Waals surface area contributed by atoms with E-state index >= 15 is 0 Å². The van der Waals surface area contributed by atoms with Gasteiger partial charge in [0, 0.05) is 5.39 Å². The van der Waals surface area contributed by atoms with Crippen molar-refractivity contribution in [2.45, 2.75) is 45.1 Å². The van der Waals surface area contributed by atoms with E-state index in [9.17, 15) is 8.42 Å². The van der Waals surface area contributed by atoms with E-state index in [0.717, 1.165) is 5.39 Å². The molecule has 0 fully saturated rings. The summed E-state index contributed by atoms with van der Waals surface area (Å²) in [5.74, 6) is 0. The average molecular weight is 347 g/mol. The van der Waals surface area contributed by atoms with E-state index in [-0.39, 0.29) is 10.4 Å². The minimum Gasteiger partial charge on any atom is -0.277 e. The Hall–Kier alpha value is -2.35. The summed E-state index contributed by atoms with van der Waals surface area (Å²) in [4.78, 5) is 0.217. The van der Waals surface area contributed by atoms with Crippen molar-refractivity contribution in [1.29, 1.82) is 0 Å². The van der Waals surface area contributed by atoms with E-state index in [4.69, 9.17) is 0 Å². The summed E-state index contributed by atoms with van der Waals surface area (Å²) in [6.07, 6.45) is 1.65. The van der Waals surface area contributed by atoms with Crippen LogP contribution in [0.5, 0.6) is 0 Å². The Labute approximate surface area is 141 Å². The first-order chi connectivity index (χ1) is 11.1. The molecule has 0 amide bonds. The van der Waals surface area contributed by atoms with Gasteiger partial charge in [-0.05, 0) is 40.7 Å². The van der Waals surface area contributed by atoms with Gasteiger partial charge in [-0.1, -0.05) is 12.1 Å². The summed E-state index contributed by atoms with van der Waals surface area (Å²) in [5, 5.41) is 12.0. The van der Waals surface area contributed by atoms with Crippen molar-refractivity contribution in [3.63, 3.8) is 0 Å². The van der Waals surface area contributed by atoms with E-state index in [1.807, 2.05) is 26.8 Å². The van der Waals surface area contributed by atoms with Crippen LogP contribution in [0.2, 0.25) is 0 Å². The highest BCUT2D eigenvalue weighted by molar-refractivity contribution is 7.92. The maximum Gasteiger partial charge on any atom is 0.265 e. The molecule has 2 heterocycles. The molecule has 0 aliphatic carbocycles. The molecule has 2 N–H and O–H groups in total. The maximum absolute atomic E-state index is 13.0. The summed E-state index contributed by atoms with van der Waals surface area (Å²) >= 11 is 0. The number of para-hydroxylation sites is 1. The largest absolute Gasteiger partial charge is 0.277 e. The summed E-state index contributed by atoms with van der Waals surface area (Å²) in [6.45, 7) is 9.45. The maximum atomic E-state index is 13.0. The van der Waals surface area contributed by atoms with Crippen LogP contribution in [-0.4, -0.2) is 28.4 Å². The number of rotatable bonds is 3. The molecule has 1 aromatic carbocycles. The second kappa shape index (κ2) is 5.34. The first-order valence-electron chi connectivity index (χ1n) is 7.63. The number of aromatic amines is 1. The number of hydrogen-bond acceptors (Lipinski definition) is 4. The third-order valence-corrected chi connectivity index (χ3v) is 5.47. The minimum atomic E-state index is -3.76. The molecule has 0 atom stereocenters. The number of H-pyrrole nitrogens is 1. The highest BCUT2D eigenvalue weighted by Crippen LogP contribution is 2.28. The number of hydrogen-bond donors (Lipinski definition) is 2. The molecule has 128 valence electrons. The van der Waals surface area contributed by atoms with Crippen molar-refractivity contribution in [3.8, 4) is 0 Å². The van der Waals surface area contributed by atoms with E-state index in [2.05, 4.69) is 20.0 Å². The van der Waals surface area contributed by atoms with Crippen LogP contribution < -0.4 is 4.72 Å². The van der Waals surface area contributed by atoms with E-state index < -0.39 is 10.0 Å². The Morgan fingerprint density at radius 2 is 1.92 bits per heavy atom. The fourth-order valence-corrected chi connectivity index (χ4v) is 4.39. The summed E-state index contributed by atoms with van der Waals surface area (Å²) in [7, 11) is -3.76. The Balaban J connectivity index is 2.09. The summed E-state index contributed by atoms with van der Waals surface area (Å²) in [5.41, 5.74) is 1.91. The first kappa shape index (κ1) is 16.5. The van der Waals surface area contributed by atoms with Gasteiger partial charge in [0.05, 0.1) is 34.3 Å². The normalized spacial score (nSPS) is 12.7. The monoisotopic (exact) mass is 347 g/mol. The predicted octanol–water partition coefficient (Wildman–Crippen LogP) is 2.93. The minimum absolute atomic E-state index is 0.217. The Bertz CT molecular complexity index is 1010. The molecular weight excluding hydrogens is 326 g/mol. The van der Waals surface area contributed by atoms with Crippen molar-refractivity contribution in [1.82, 2.24) is 20.0 Å². The van der Waals surface area contributed by atoms with Crippen LogP contribution in [0.4, 0.5) is 5.69 Å². The summed E-state index contributed by atoms with van der Waals surface area (Å²) in [6, 6.07) is 5.36. The number of benzene rings is 1. The third kappa shape index (κ3) is 2.66. The number of nitrogens with one attached hydrogen (secondary N) is 2. The number of nitrogens with zero attached hydrogens (tertiary/aromatic N) is 3. The van der Waals surface area contributed by atoms with Crippen molar-refractivity contribution in [3.05, 3.63) is 35.8 Å². The van der Waals surface area contributed by atoms with Crippen LogP contribution >= 0.6 is 0 Å². The molecular formula is C16H21N5O2S. The van der Waals surface area contributed by atoms with Gasteiger partial charge in [-0.25, -0.2) is 8.42 Å². The second-order valence-corrected chi connectivity index (χ2v) is 8.45. The van der Waals surface area contributed by atoms with Crippen molar-refractivity contribution in [2.24, 2.45) is 0 Å². The lowest BCUT2D eigenvalue weighted by molar-refractivity contribution is 0.345. The predicted molar refractivity (Wildman–Crippen MR) is 93.6 cm³/mol. The molecule has 3 aromatic rings. The molecule has 0 aliphatic heterocycles. The number of anilines is 1. The summed E-state index contributed by atoms with van der Waals surface area (Å²) < 4.78 is 30.3. The molecule has 0 spiro atoms. The molecule has 24 heavy (non-hydrogen) atoms.